The Bertz CT molecular complexity index is 598. The van der Waals surface area contributed by atoms with Gasteiger partial charge < -0.3 is 14.6 Å². The fourth-order valence-corrected chi connectivity index (χ4v) is 2.12. The first-order valence-corrected chi connectivity index (χ1v) is 6.55. The standard InChI is InChI=1S/C13H20N4O2/c1-4-16(5-2)8-9-17-12-10(14-13(17)18)6-7-11(15-12)19-3/h6-7H,4-5,8-9H2,1-3H3,(H,14,18). The fourth-order valence-electron chi connectivity index (χ4n) is 2.12. The van der Waals surface area contributed by atoms with Gasteiger partial charge in [0.15, 0.2) is 5.65 Å². The topological polar surface area (TPSA) is 63.2 Å². The summed E-state index contributed by atoms with van der Waals surface area (Å²) >= 11 is 0. The molecule has 0 saturated heterocycles. The van der Waals surface area contributed by atoms with Crippen LogP contribution in [0.25, 0.3) is 11.2 Å². The third-order valence-electron chi connectivity index (χ3n) is 3.34. The summed E-state index contributed by atoms with van der Waals surface area (Å²) in [5, 5.41) is 0. The number of pyridine rings is 1. The van der Waals surface area contributed by atoms with E-state index < -0.39 is 0 Å². The summed E-state index contributed by atoms with van der Waals surface area (Å²) in [5.74, 6) is 0.517. The second-order valence-corrected chi connectivity index (χ2v) is 4.33. The number of nitrogens with zero attached hydrogens (tertiary/aromatic N) is 3. The van der Waals surface area contributed by atoms with Crippen LogP contribution in [0.5, 0.6) is 5.88 Å². The minimum atomic E-state index is -0.122. The first-order valence-electron chi connectivity index (χ1n) is 6.55. The Morgan fingerprint density at radius 2 is 2.11 bits per heavy atom. The molecule has 0 spiro atoms. The van der Waals surface area contributed by atoms with Crippen molar-refractivity contribution in [3.63, 3.8) is 0 Å². The molecule has 19 heavy (non-hydrogen) atoms. The van der Waals surface area contributed by atoms with Crippen LogP contribution in [0, 0.1) is 0 Å². The van der Waals surface area contributed by atoms with E-state index in [1.807, 2.05) is 6.07 Å². The first-order chi connectivity index (χ1) is 9.19. The van der Waals surface area contributed by atoms with E-state index in [-0.39, 0.29) is 5.69 Å². The van der Waals surface area contributed by atoms with Crippen molar-refractivity contribution >= 4 is 11.2 Å². The zero-order valence-electron chi connectivity index (χ0n) is 11.6. The summed E-state index contributed by atoms with van der Waals surface area (Å²) in [4.78, 5) is 21.3. The number of likely N-dealkylation sites (N-methyl/N-ethyl adjacent to an activating group) is 1. The number of H-pyrrole nitrogens is 1. The van der Waals surface area contributed by atoms with Crippen LogP contribution in [0.1, 0.15) is 13.8 Å². The number of imidazole rings is 1. The number of fused-ring (bicyclic) bond motifs is 1. The number of aromatic nitrogens is 3. The predicted octanol–water partition coefficient (Wildman–Crippen LogP) is 1.07. The Kier molecular flexibility index (Phi) is 4.21. The monoisotopic (exact) mass is 264 g/mol. The summed E-state index contributed by atoms with van der Waals surface area (Å²) in [6, 6.07) is 3.56. The molecular formula is C13H20N4O2. The second kappa shape index (κ2) is 5.88. The van der Waals surface area contributed by atoms with Gasteiger partial charge in [-0.05, 0) is 19.2 Å². The van der Waals surface area contributed by atoms with E-state index in [4.69, 9.17) is 4.74 Å². The van der Waals surface area contributed by atoms with E-state index in [9.17, 15) is 4.79 Å². The van der Waals surface area contributed by atoms with Gasteiger partial charge in [-0.2, -0.15) is 4.98 Å². The van der Waals surface area contributed by atoms with E-state index >= 15 is 0 Å². The molecule has 6 heteroatoms. The second-order valence-electron chi connectivity index (χ2n) is 4.33. The van der Waals surface area contributed by atoms with Crippen molar-refractivity contribution < 1.29 is 4.74 Å². The maximum absolute atomic E-state index is 11.9. The number of hydrogen-bond donors (Lipinski definition) is 1. The molecule has 0 saturated carbocycles. The lowest BCUT2D eigenvalue weighted by Crippen LogP contribution is -2.30. The molecule has 2 aromatic rings. The van der Waals surface area contributed by atoms with Crippen molar-refractivity contribution in [1.82, 2.24) is 19.4 Å². The summed E-state index contributed by atoms with van der Waals surface area (Å²) in [7, 11) is 1.57. The van der Waals surface area contributed by atoms with E-state index in [1.54, 1.807) is 17.7 Å². The normalized spacial score (nSPS) is 11.4. The lowest BCUT2D eigenvalue weighted by Gasteiger charge is -2.17. The molecule has 6 nitrogen and oxygen atoms in total. The lowest BCUT2D eigenvalue weighted by molar-refractivity contribution is 0.290. The lowest BCUT2D eigenvalue weighted by atomic mass is 10.4. The zero-order valence-corrected chi connectivity index (χ0v) is 11.6. The van der Waals surface area contributed by atoms with Gasteiger partial charge in [0.2, 0.25) is 5.88 Å². The van der Waals surface area contributed by atoms with Crippen molar-refractivity contribution in [3.8, 4) is 5.88 Å². The number of ether oxygens (including phenoxy) is 1. The van der Waals surface area contributed by atoms with Crippen molar-refractivity contribution in [2.24, 2.45) is 0 Å². The van der Waals surface area contributed by atoms with Crippen LogP contribution < -0.4 is 10.4 Å². The number of nitrogens with one attached hydrogen (secondary N) is 1. The van der Waals surface area contributed by atoms with Crippen molar-refractivity contribution in [3.05, 3.63) is 22.6 Å². The molecule has 0 unspecified atom stereocenters. The molecule has 0 atom stereocenters. The summed E-state index contributed by atoms with van der Waals surface area (Å²) in [5.41, 5.74) is 1.27. The van der Waals surface area contributed by atoms with Crippen LogP contribution in [-0.2, 0) is 6.54 Å². The van der Waals surface area contributed by atoms with Gasteiger partial charge in [0.25, 0.3) is 0 Å². The highest BCUT2D eigenvalue weighted by Gasteiger charge is 2.10. The molecule has 2 heterocycles. The smallest absolute Gasteiger partial charge is 0.327 e. The van der Waals surface area contributed by atoms with Crippen LogP contribution in [0.2, 0.25) is 0 Å². The molecule has 2 rings (SSSR count). The Morgan fingerprint density at radius 3 is 2.74 bits per heavy atom. The summed E-state index contributed by atoms with van der Waals surface area (Å²) < 4.78 is 6.77. The molecule has 1 N–H and O–H groups in total. The predicted molar refractivity (Wildman–Crippen MR) is 74.7 cm³/mol. The van der Waals surface area contributed by atoms with Gasteiger partial charge >= 0.3 is 5.69 Å². The summed E-state index contributed by atoms with van der Waals surface area (Å²) in [6.07, 6.45) is 0. The highest BCUT2D eigenvalue weighted by atomic mass is 16.5. The van der Waals surface area contributed by atoms with Gasteiger partial charge in [0.05, 0.1) is 12.6 Å². The molecule has 104 valence electrons. The van der Waals surface area contributed by atoms with E-state index in [0.29, 0.717) is 18.1 Å². The highest BCUT2D eigenvalue weighted by molar-refractivity contribution is 5.71. The molecule has 0 fully saturated rings. The van der Waals surface area contributed by atoms with E-state index in [2.05, 4.69) is 28.7 Å². The quantitative estimate of drug-likeness (QED) is 0.848. The van der Waals surface area contributed by atoms with Crippen LogP contribution >= 0.6 is 0 Å². The van der Waals surface area contributed by atoms with Crippen molar-refractivity contribution in [2.45, 2.75) is 20.4 Å². The maximum Gasteiger partial charge on any atom is 0.327 e. The maximum atomic E-state index is 11.9. The molecule has 0 aliphatic rings. The van der Waals surface area contributed by atoms with Crippen LogP contribution in [0.15, 0.2) is 16.9 Å². The number of methoxy groups -OCH3 is 1. The minimum absolute atomic E-state index is 0.122. The van der Waals surface area contributed by atoms with Gasteiger partial charge in [-0.15, -0.1) is 0 Å². The average Bonchev–Trinajstić information content (AvgIpc) is 2.75. The van der Waals surface area contributed by atoms with Crippen LogP contribution in [-0.4, -0.2) is 46.2 Å². The van der Waals surface area contributed by atoms with E-state index in [0.717, 1.165) is 25.2 Å². The molecule has 0 aromatic carbocycles. The fraction of sp³-hybridized carbons (Fsp3) is 0.538. The van der Waals surface area contributed by atoms with Crippen LogP contribution in [0.3, 0.4) is 0 Å². The number of hydrogen-bond acceptors (Lipinski definition) is 4. The molecule has 0 radical (unpaired) electrons. The third-order valence-corrected chi connectivity index (χ3v) is 3.34. The molecule has 0 bridgehead atoms. The van der Waals surface area contributed by atoms with Gasteiger partial charge in [0, 0.05) is 19.2 Å². The Hall–Kier alpha value is -1.82. The third kappa shape index (κ3) is 2.78. The minimum Gasteiger partial charge on any atom is -0.481 e. The SMILES string of the molecule is CCN(CC)CCn1c(=O)[nH]c2ccc(OC)nc21. The van der Waals surface area contributed by atoms with Crippen LogP contribution in [0.4, 0.5) is 0 Å². The number of rotatable bonds is 6. The molecule has 0 amide bonds. The molecular weight excluding hydrogens is 244 g/mol. The number of aromatic amines is 1. The Labute approximate surface area is 112 Å². The van der Waals surface area contributed by atoms with Gasteiger partial charge in [-0.1, -0.05) is 13.8 Å². The largest absolute Gasteiger partial charge is 0.481 e. The zero-order chi connectivity index (χ0) is 13.8. The van der Waals surface area contributed by atoms with E-state index in [1.165, 1.54) is 0 Å². The summed E-state index contributed by atoms with van der Waals surface area (Å²) in [6.45, 7) is 7.64. The van der Waals surface area contributed by atoms with Gasteiger partial charge in [0.1, 0.15) is 0 Å². The van der Waals surface area contributed by atoms with Crippen molar-refractivity contribution in [1.29, 1.82) is 0 Å². The molecule has 0 aliphatic heterocycles. The van der Waals surface area contributed by atoms with Crippen molar-refractivity contribution in [2.75, 3.05) is 26.7 Å². The highest BCUT2D eigenvalue weighted by Crippen LogP contribution is 2.13. The first kappa shape index (κ1) is 13.6. The Balaban J connectivity index is 2.31. The Morgan fingerprint density at radius 1 is 1.37 bits per heavy atom. The molecule has 2 aromatic heterocycles. The van der Waals surface area contributed by atoms with Gasteiger partial charge in [-0.3, -0.25) is 4.57 Å². The molecule has 0 aliphatic carbocycles. The average molecular weight is 264 g/mol. The van der Waals surface area contributed by atoms with Gasteiger partial charge in [-0.25, -0.2) is 4.79 Å².